The molecule has 1 fully saturated rings. The smallest absolute Gasteiger partial charge is 0.351 e. The molecule has 0 unspecified atom stereocenters. The largest absolute Gasteiger partial charge is 0.394 e. The first-order chi connectivity index (χ1) is 10.8. The van der Waals surface area contributed by atoms with Gasteiger partial charge in [-0.2, -0.15) is 4.98 Å². The van der Waals surface area contributed by atoms with Crippen molar-refractivity contribution in [3.8, 4) is 0 Å². The van der Waals surface area contributed by atoms with Crippen LogP contribution >= 0.6 is 0 Å². The number of anilines is 1. The first-order valence-corrected chi connectivity index (χ1v) is 7.82. The molecule has 0 saturated carbocycles. The molecule has 3 atom stereocenters. The van der Waals surface area contributed by atoms with Gasteiger partial charge in [-0.1, -0.05) is 25.5 Å². The minimum atomic E-state index is -0.809. The van der Waals surface area contributed by atoms with Gasteiger partial charge in [-0.3, -0.25) is 4.57 Å². The van der Waals surface area contributed by atoms with E-state index in [1.54, 1.807) is 6.20 Å². The number of nitrogen functional groups attached to an aromatic ring is 1. The quantitative estimate of drug-likeness (QED) is 0.743. The van der Waals surface area contributed by atoms with E-state index in [9.17, 15) is 9.90 Å². The Kier molecular flexibility index (Phi) is 5.56. The lowest BCUT2D eigenvalue weighted by Crippen LogP contribution is -2.28. The number of nitrogens with zero attached hydrogens (tertiary/aromatic N) is 2. The number of hydrogen-bond acceptors (Lipinski definition) is 6. The van der Waals surface area contributed by atoms with Crippen LogP contribution in [0.4, 0.5) is 5.82 Å². The molecule has 7 heteroatoms. The molecule has 128 valence electrons. The fraction of sp³-hybridized carbons (Fsp3) is 0.625. The highest BCUT2D eigenvalue weighted by atomic mass is 16.5. The van der Waals surface area contributed by atoms with Crippen LogP contribution in [0.3, 0.4) is 0 Å². The molecule has 1 aromatic heterocycles. The van der Waals surface area contributed by atoms with Crippen LogP contribution in [0.5, 0.6) is 0 Å². The molecule has 0 radical (unpaired) electrons. The molecule has 2 heterocycles. The molecule has 23 heavy (non-hydrogen) atoms. The van der Waals surface area contributed by atoms with Crippen LogP contribution in [-0.4, -0.2) is 38.6 Å². The second-order valence-corrected chi connectivity index (χ2v) is 6.47. The van der Waals surface area contributed by atoms with E-state index < -0.39 is 24.1 Å². The molecule has 2 rings (SSSR count). The van der Waals surface area contributed by atoms with Crippen molar-refractivity contribution >= 4 is 11.9 Å². The number of allylic oxidation sites excluding steroid dienone is 1. The maximum Gasteiger partial charge on any atom is 0.351 e. The van der Waals surface area contributed by atoms with Crippen molar-refractivity contribution in [2.24, 2.45) is 5.92 Å². The number of nitrogens with two attached hydrogens (primary N) is 1. The highest BCUT2D eigenvalue weighted by molar-refractivity contribution is 5.61. The predicted octanol–water partition coefficient (Wildman–Crippen LogP) is 0.916. The summed E-state index contributed by atoms with van der Waals surface area (Å²) in [6.45, 7) is 5.97. The molecule has 0 aliphatic carbocycles. The summed E-state index contributed by atoms with van der Waals surface area (Å²) in [4.78, 5) is 15.9. The average molecular weight is 323 g/mol. The Morgan fingerprint density at radius 2 is 2.30 bits per heavy atom. The van der Waals surface area contributed by atoms with Crippen molar-refractivity contribution in [2.75, 3.05) is 12.3 Å². The monoisotopic (exact) mass is 323 g/mol. The SMILES string of the molecule is C/C(=C/c1cn([C@H]2C[C@H](O)[C@@H](CO)O2)c(=O)nc1N)CC(C)C. The minimum absolute atomic E-state index is 0.173. The number of aliphatic hydroxyl groups is 2. The molecular weight excluding hydrogens is 298 g/mol. The molecule has 0 bridgehead atoms. The Hall–Kier alpha value is -1.70. The maximum absolute atomic E-state index is 12.1. The molecule has 4 N–H and O–H groups in total. The van der Waals surface area contributed by atoms with Crippen LogP contribution in [0.2, 0.25) is 0 Å². The second kappa shape index (κ2) is 7.25. The van der Waals surface area contributed by atoms with E-state index >= 15 is 0 Å². The van der Waals surface area contributed by atoms with E-state index in [2.05, 4.69) is 18.8 Å². The third-order valence-corrected chi connectivity index (χ3v) is 3.84. The molecular formula is C16H25N3O4. The zero-order valence-electron chi connectivity index (χ0n) is 13.8. The zero-order valence-corrected chi connectivity index (χ0v) is 13.8. The number of aromatic nitrogens is 2. The summed E-state index contributed by atoms with van der Waals surface area (Å²) in [6, 6.07) is 0. The molecule has 0 aromatic carbocycles. The molecule has 0 spiro atoms. The summed E-state index contributed by atoms with van der Waals surface area (Å²) in [5, 5.41) is 19.0. The third-order valence-electron chi connectivity index (χ3n) is 3.84. The second-order valence-electron chi connectivity index (χ2n) is 6.47. The van der Waals surface area contributed by atoms with E-state index in [0.29, 0.717) is 11.5 Å². The molecule has 1 aliphatic heterocycles. The van der Waals surface area contributed by atoms with Crippen molar-refractivity contribution < 1.29 is 14.9 Å². The fourth-order valence-corrected chi connectivity index (χ4v) is 2.83. The molecule has 1 aliphatic rings. The van der Waals surface area contributed by atoms with Gasteiger partial charge in [0.05, 0.1) is 12.7 Å². The topological polar surface area (TPSA) is 111 Å². The summed E-state index contributed by atoms with van der Waals surface area (Å²) in [5.41, 5.74) is 7.10. The molecule has 0 amide bonds. The summed E-state index contributed by atoms with van der Waals surface area (Å²) < 4.78 is 6.84. The average Bonchev–Trinajstić information content (AvgIpc) is 2.81. The van der Waals surface area contributed by atoms with E-state index in [1.165, 1.54) is 4.57 Å². The van der Waals surface area contributed by atoms with Crippen molar-refractivity contribution in [3.05, 3.63) is 27.8 Å². The van der Waals surface area contributed by atoms with Crippen LogP contribution in [-0.2, 0) is 4.74 Å². The Bertz CT molecular complexity index is 639. The lowest BCUT2D eigenvalue weighted by atomic mass is 10.0. The molecule has 1 saturated heterocycles. The van der Waals surface area contributed by atoms with Gasteiger partial charge in [-0.05, 0) is 19.3 Å². The Morgan fingerprint density at radius 1 is 1.61 bits per heavy atom. The van der Waals surface area contributed by atoms with Gasteiger partial charge in [0.2, 0.25) is 0 Å². The first kappa shape index (κ1) is 17.7. The standard InChI is InChI=1S/C16H25N3O4/c1-9(2)4-10(3)5-11-7-19(16(22)18-15(11)17)14-6-12(21)13(8-20)23-14/h5,7,9,12-14,20-21H,4,6,8H2,1-3H3,(H2,17,18,22)/b10-5-/t12-,13+,14+/m0/s1. The van der Waals surface area contributed by atoms with E-state index in [1.807, 2.05) is 13.0 Å². The van der Waals surface area contributed by atoms with Crippen LogP contribution in [0, 0.1) is 5.92 Å². The summed E-state index contributed by atoms with van der Waals surface area (Å²) in [7, 11) is 0. The first-order valence-electron chi connectivity index (χ1n) is 7.82. The predicted molar refractivity (Wildman–Crippen MR) is 87.6 cm³/mol. The van der Waals surface area contributed by atoms with Gasteiger partial charge in [0.1, 0.15) is 18.1 Å². The molecule has 1 aromatic rings. The number of aliphatic hydroxyl groups excluding tert-OH is 2. The van der Waals surface area contributed by atoms with E-state index in [0.717, 1.165) is 12.0 Å². The van der Waals surface area contributed by atoms with Crippen LogP contribution in [0.25, 0.3) is 6.08 Å². The van der Waals surface area contributed by atoms with Gasteiger partial charge < -0.3 is 20.7 Å². The summed E-state index contributed by atoms with van der Waals surface area (Å²) in [5.74, 6) is 0.691. The van der Waals surface area contributed by atoms with Gasteiger partial charge in [-0.25, -0.2) is 4.79 Å². The summed E-state index contributed by atoms with van der Waals surface area (Å²) in [6.07, 6.45) is 2.51. The number of ether oxygens (including phenoxy) is 1. The lowest BCUT2D eigenvalue weighted by molar-refractivity contribution is -0.0458. The van der Waals surface area contributed by atoms with E-state index in [-0.39, 0.29) is 18.8 Å². The Balaban J connectivity index is 2.32. The van der Waals surface area contributed by atoms with Crippen LogP contribution in [0.15, 0.2) is 16.6 Å². The number of rotatable bonds is 5. The van der Waals surface area contributed by atoms with Gasteiger partial charge >= 0.3 is 5.69 Å². The maximum atomic E-state index is 12.1. The Labute approximate surface area is 135 Å². The van der Waals surface area contributed by atoms with Crippen molar-refractivity contribution in [1.29, 1.82) is 0 Å². The van der Waals surface area contributed by atoms with Crippen LogP contribution < -0.4 is 11.4 Å². The highest BCUT2D eigenvalue weighted by Crippen LogP contribution is 2.28. The van der Waals surface area contributed by atoms with Crippen molar-refractivity contribution in [3.63, 3.8) is 0 Å². The number of hydrogen-bond donors (Lipinski definition) is 3. The minimum Gasteiger partial charge on any atom is -0.394 e. The van der Waals surface area contributed by atoms with Gasteiger partial charge in [0, 0.05) is 18.2 Å². The van der Waals surface area contributed by atoms with Gasteiger partial charge in [-0.15, -0.1) is 0 Å². The normalized spacial score (nSPS) is 25.3. The Morgan fingerprint density at radius 3 is 2.87 bits per heavy atom. The van der Waals surface area contributed by atoms with Crippen molar-refractivity contribution in [2.45, 2.75) is 52.0 Å². The third kappa shape index (κ3) is 4.19. The lowest BCUT2D eigenvalue weighted by Gasteiger charge is -2.15. The molecule has 7 nitrogen and oxygen atoms in total. The van der Waals surface area contributed by atoms with Gasteiger partial charge in [0.25, 0.3) is 0 Å². The summed E-state index contributed by atoms with van der Waals surface area (Å²) >= 11 is 0. The van der Waals surface area contributed by atoms with E-state index in [4.69, 9.17) is 15.6 Å². The van der Waals surface area contributed by atoms with Crippen molar-refractivity contribution in [1.82, 2.24) is 9.55 Å². The van der Waals surface area contributed by atoms with Gasteiger partial charge in [0.15, 0.2) is 0 Å². The zero-order chi connectivity index (χ0) is 17.1. The fourth-order valence-electron chi connectivity index (χ4n) is 2.83. The van der Waals surface area contributed by atoms with Crippen LogP contribution in [0.1, 0.15) is 45.4 Å². The highest BCUT2D eigenvalue weighted by Gasteiger charge is 2.35.